The number of rotatable bonds is 6. The fourth-order valence-corrected chi connectivity index (χ4v) is 2.35. The van der Waals surface area contributed by atoms with Crippen LogP contribution in [0.3, 0.4) is 0 Å². The van der Waals surface area contributed by atoms with E-state index in [2.05, 4.69) is 53.4 Å². The van der Waals surface area contributed by atoms with Crippen molar-refractivity contribution in [1.82, 2.24) is 9.97 Å². The minimum Gasteiger partial charge on any atom is -0.366 e. The lowest BCUT2D eigenvalue weighted by molar-refractivity contribution is 0.833. The van der Waals surface area contributed by atoms with Crippen LogP contribution in [0.5, 0.6) is 0 Å². The van der Waals surface area contributed by atoms with Gasteiger partial charge in [0.05, 0.1) is 0 Å². The van der Waals surface area contributed by atoms with Crippen LogP contribution in [-0.4, -0.2) is 9.97 Å². The summed E-state index contributed by atoms with van der Waals surface area (Å²) >= 11 is 6.03. The maximum Gasteiger partial charge on any atom is 0.134 e. The predicted octanol–water partition coefficient (Wildman–Crippen LogP) is 4.26. The van der Waals surface area contributed by atoms with Crippen LogP contribution in [0.4, 0.5) is 5.82 Å². The first-order chi connectivity index (χ1) is 9.72. The molecule has 0 fully saturated rings. The van der Waals surface area contributed by atoms with Crippen LogP contribution in [0.25, 0.3) is 0 Å². The van der Waals surface area contributed by atoms with Gasteiger partial charge < -0.3 is 5.32 Å². The number of nitrogens with one attached hydrogen (secondary N) is 1. The van der Waals surface area contributed by atoms with Gasteiger partial charge in [-0.3, -0.25) is 0 Å². The van der Waals surface area contributed by atoms with Gasteiger partial charge in [0.1, 0.15) is 16.8 Å². The highest BCUT2D eigenvalue weighted by molar-refractivity contribution is 6.29. The normalized spacial score (nSPS) is 10.6. The third-order valence-electron chi connectivity index (χ3n) is 3.17. The number of aromatic nitrogens is 2. The summed E-state index contributed by atoms with van der Waals surface area (Å²) in [5.41, 5.74) is 2.65. The lowest BCUT2D eigenvalue weighted by Crippen LogP contribution is -2.06. The second kappa shape index (κ2) is 7.25. The molecule has 0 atom stereocenters. The van der Waals surface area contributed by atoms with Crippen LogP contribution in [0.15, 0.2) is 30.3 Å². The van der Waals surface area contributed by atoms with Gasteiger partial charge in [0.15, 0.2) is 0 Å². The van der Waals surface area contributed by atoms with E-state index in [0.717, 1.165) is 37.4 Å². The first-order valence-corrected chi connectivity index (χ1v) is 7.44. The van der Waals surface area contributed by atoms with Gasteiger partial charge >= 0.3 is 0 Å². The second-order valence-corrected chi connectivity index (χ2v) is 5.11. The van der Waals surface area contributed by atoms with E-state index < -0.39 is 0 Å². The summed E-state index contributed by atoms with van der Waals surface area (Å²) in [4.78, 5) is 8.71. The standard InChI is InChI=1S/C16H20ClN3/c1-3-7-15-19-14(17)10-16(20-15)18-11-13-9-6-5-8-12(13)4-2/h5-6,8-10H,3-4,7,11H2,1-2H3,(H,18,19,20). The number of halogens is 1. The Hall–Kier alpha value is -1.61. The average Bonchev–Trinajstić information content (AvgIpc) is 2.45. The fraction of sp³-hybridized carbons (Fsp3) is 0.375. The van der Waals surface area contributed by atoms with Crippen molar-refractivity contribution in [2.24, 2.45) is 0 Å². The summed E-state index contributed by atoms with van der Waals surface area (Å²) in [6, 6.07) is 10.2. The minimum absolute atomic E-state index is 0.495. The molecule has 0 amide bonds. The molecule has 2 rings (SSSR count). The molecule has 0 aliphatic heterocycles. The predicted molar refractivity (Wildman–Crippen MR) is 84.2 cm³/mol. The van der Waals surface area contributed by atoms with E-state index in [-0.39, 0.29) is 0 Å². The van der Waals surface area contributed by atoms with Gasteiger partial charge in [0.25, 0.3) is 0 Å². The van der Waals surface area contributed by atoms with Crippen molar-refractivity contribution in [2.45, 2.75) is 39.7 Å². The van der Waals surface area contributed by atoms with E-state index in [1.165, 1.54) is 11.1 Å². The zero-order chi connectivity index (χ0) is 14.4. The van der Waals surface area contributed by atoms with E-state index in [1.54, 1.807) is 6.07 Å². The topological polar surface area (TPSA) is 37.8 Å². The van der Waals surface area contributed by atoms with E-state index in [1.807, 2.05) is 0 Å². The number of hydrogen-bond acceptors (Lipinski definition) is 3. The highest BCUT2D eigenvalue weighted by Gasteiger charge is 2.04. The Kier molecular flexibility index (Phi) is 5.36. The molecular formula is C16H20ClN3. The van der Waals surface area contributed by atoms with Gasteiger partial charge in [-0.1, -0.05) is 49.7 Å². The SMILES string of the molecule is CCCc1nc(Cl)cc(NCc2ccccc2CC)n1. The van der Waals surface area contributed by atoms with Gasteiger partial charge in [0, 0.05) is 19.0 Å². The summed E-state index contributed by atoms with van der Waals surface area (Å²) in [6.07, 6.45) is 2.89. The maximum absolute atomic E-state index is 6.03. The molecule has 1 N–H and O–H groups in total. The molecule has 0 saturated carbocycles. The Morgan fingerprint density at radius 2 is 1.85 bits per heavy atom. The second-order valence-electron chi connectivity index (χ2n) is 4.72. The molecule has 1 heterocycles. The molecule has 0 unspecified atom stereocenters. The van der Waals surface area contributed by atoms with Gasteiger partial charge in [0.2, 0.25) is 0 Å². The van der Waals surface area contributed by atoms with Crippen molar-refractivity contribution in [3.63, 3.8) is 0 Å². The molecule has 0 spiro atoms. The van der Waals surface area contributed by atoms with Crippen LogP contribution >= 0.6 is 11.6 Å². The molecule has 0 aliphatic carbocycles. The smallest absolute Gasteiger partial charge is 0.134 e. The van der Waals surface area contributed by atoms with Gasteiger partial charge in [-0.15, -0.1) is 0 Å². The molecule has 0 saturated heterocycles. The highest BCUT2D eigenvalue weighted by Crippen LogP contribution is 2.15. The molecule has 20 heavy (non-hydrogen) atoms. The van der Waals surface area contributed by atoms with Crippen molar-refractivity contribution in [3.05, 3.63) is 52.4 Å². The van der Waals surface area contributed by atoms with Crippen LogP contribution in [-0.2, 0) is 19.4 Å². The number of anilines is 1. The monoisotopic (exact) mass is 289 g/mol. The molecule has 106 valence electrons. The first kappa shape index (κ1) is 14.8. The Bertz CT molecular complexity index is 569. The van der Waals surface area contributed by atoms with E-state index in [9.17, 15) is 0 Å². The summed E-state index contributed by atoms with van der Waals surface area (Å²) < 4.78 is 0. The van der Waals surface area contributed by atoms with Crippen molar-refractivity contribution < 1.29 is 0 Å². The Morgan fingerprint density at radius 1 is 1.10 bits per heavy atom. The lowest BCUT2D eigenvalue weighted by atomic mass is 10.1. The third kappa shape index (κ3) is 3.94. The van der Waals surface area contributed by atoms with Crippen LogP contribution in [0.2, 0.25) is 5.15 Å². The molecule has 1 aromatic carbocycles. The van der Waals surface area contributed by atoms with Gasteiger partial charge in [-0.2, -0.15) is 0 Å². The fourth-order valence-electron chi connectivity index (χ4n) is 2.15. The van der Waals surface area contributed by atoms with Crippen molar-refractivity contribution >= 4 is 17.4 Å². The number of benzene rings is 1. The van der Waals surface area contributed by atoms with E-state index in [0.29, 0.717) is 5.15 Å². The lowest BCUT2D eigenvalue weighted by Gasteiger charge is -2.10. The zero-order valence-electron chi connectivity index (χ0n) is 12.0. The Balaban J connectivity index is 2.10. The summed E-state index contributed by atoms with van der Waals surface area (Å²) in [6.45, 7) is 5.03. The molecule has 2 aromatic rings. The number of aryl methyl sites for hydroxylation is 2. The summed E-state index contributed by atoms with van der Waals surface area (Å²) in [7, 11) is 0. The molecule has 0 radical (unpaired) electrons. The maximum atomic E-state index is 6.03. The largest absolute Gasteiger partial charge is 0.366 e. The van der Waals surface area contributed by atoms with Crippen molar-refractivity contribution in [2.75, 3.05) is 5.32 Å². The average molecular weight is 290 g/mol. The first-order valence-electron chi connectivity index (χ1n) is 7.07. The summed E-state index contributed by atoms with van der Waals surface area (Å²) in [5.74, 6) is 1.59. The number of hydrogen-bond donors (Lipinski definition) is 1. The zero-order valence-corrected chi connectivity index (χ0v) is 12.7. The van der Waals surface area contributed by atoms with Crippen LogP contribution in [0, 0.1) is 0 Å². The molecule has 0 aliphatic rings. The summed E-state index contributed by atoms with van der Waals surface area (Å²) in [5, 5.41) is 3.83. The highest BCUT2D eigenvalue weighted by atomic mass is 35.5. The minimum atomic E-state index is 0.495. The van der Waals surface area contributed by atoms with E-state index in [4.69, 9.17) is 11.6 Å². The molecular weight excluding hydrogens is 270 g/mol. The molecule has 4 heteroatoms. The van der Waals surface area contributed by atoms with Gasteiger partial charge in [-0.05, 0) is 24.0 Å². The molecule has 3 nitrogen and oxygen atoms in total. The quantitative estimate of drug-likeness (QED) is 0.808. The Labute approximate surface area is 125 Å². The van der Waals surface area contributed by atoms with Crippen molar-refractivity contribution in [3.8, 4) is 0 Å². The number of nitrogens with zero attached hydrogens (tertiary/aromatic N) is 2. The van der Waals surface area contributed by atoms with E-state index >= 15 is 0 Å². The Morgan fingerprint density at radius 3 is 2.55 bits per heavy atom. The molecule has 0 bridgehead atoms. The van der Waals surface area contributed by atoms with Gasteiger partial charge in [-0.25, -0.2) is 9.97 Å². The third-order valence-corrected chi connectivity index (χ3v) is 3.37. The van der Waals surface area contributed by atoms with Crippen LogP contribution < -0.4 is 5.32 Å². The molecule has 1 aromatic heterocycles. The van der Waals surface area contributed by atoms with Crippen molar-refractivity contribution in [1.29, 1.82) is 0 Å². The van der Waals surface area contributed by atoms with Crippen LogP contribution in [0.1, 0.15) is 37.2 Å².